The summed E-state index contributed by atoms with van der Waals surface area (Å²) in [6, 6.07) is 0. The van der Waals surface area contributed by atoms with Crippen LogP contribution in [-0.2, 0) is 14.8 Å². The molecule has 0 saturated carbocycles. The largest absolute Gasteiger partial charge is 0.381 e. The van der Waals surface area contributed by atoms with Crippen LogP contribution < -0.4 is 15.4 Å². The molecule has 3 N–H and O–H groups in total. The van der Waals surface area contributed by atoms with E-state index in [0.29, 0.717) is 25.0 Å². The third-order valence-corrected chi connectivity index (χ3v) is 3.52. The fourth-order valence-corrected chi connectivity index (χ4v) is 2.84. The average molecular weight is 337 g/mol. The maximum absolute atomic E-state index is 11.3. The molecule has 7 nitrogen and oxygen atoms in total. The Labute approximate surface area is 135 Å². The lowest BCUT2D eigenvalue weighted by Gasteiger charge is -2.26. The Morgan fingerprint density at radius 3 is 2.41 bits per heavy atom. The van der Waals surface area contributed by atoms with Crippen LogP contribution in [0.4, 0.5) is 0 Å². The summed E-state index contributed by atoms with van der Waals surface area (Å²) in [5.74, 6) is 1.19. The summed E-state index contributed by atoms with van der Waals surface area (Å²) < 4.78 is 30.6. The van der Waals surface area contributed by atoms with E-state index in [0.717, 1.165) is 25.8 Å². The first-order valence-corrected chi connectivity index (χ1v) is 9.46. The molecule has 22 heavy (non-hydrogen) atoms. The Balaban J connectivity index is 3.98. The molecule has 0 amide bonds. The highest BCUT2D eigenvalue weighted by Crippen LogP contribution is 2.01. The topological polar surface area (TPSA) is 91.8 Å². The average Bonchev–Trinajstić information content (AvgIpc) is 2.33. The van der Waals surface area contributed by atoms with Gasteiger partial charge in [-0.3, -0.25) is 4.99 Å². The van der Waals surface area contributed by atoms with Gasteiger partial charge >= 0.3 is 0 Å². The Morgan fingerprint density at radius 1 is 1.27 bits per heavy atom. The number of guanidine groups is 1. The fourth-order valence-electron chi connectivity index (χ4n) is 1.76. The molecule has 0 saturated heterocycles. The van der Waals surface area contributed by atoms with Gasteiger partial charge in [-0.15, -0.1) is 0 Å². The van der Waals surface area contributed by atoms with E-state index in [1.807, 2.05) is 13.8 Å². The molecule has 0 aliphatic carbocycles. The first kappa shape index (κ1) is 21.1. The lowest BCUT2D eigenvalue weighted by Crippen LogP contribution is -2.53. The second kappa shape index (κ2) is 10.0. The van der Waals surface area contributed by atoms with Crippen molar-refractivity contribution in [2.75, 3.05) is 39.6 Å². The van der Waals surface area contributed by atoms with Crippen molar-refractivity contribution in [3.05, 3.63) is 0 Å². The normalized spacial score (nSPS) is 13.5. The van der Waals surface area contributed by atoms with Crippen LogP contribution in [0.25, 0.3) is 0 Å². The summed E-state index contributed by atoms with van der Waals surface area (Å²) in [5.41, 5.74) is -0.592. The lowest BCUT2D eigenvalue weighted by molar-refractivity contribution is 0.108. The summed E-state index contributed by atoms with van der Waals surface area (Å²) >= 11 is 0. The molecule has 0 aromatic heterocycles. The molecule has 0 unspecified atom stereocenters. The van der Waals surface area contributed by atoms with Gasteiger partial charge in [0.15, 0.2) is 5.96 Å². The summed E-state index contributed by atoms with van der Waals surface area (Å²) in [7, 11) is -1.56. The molecule has 0 spiro atoms. The monoisotopic (exact) mass is 336 g/mol. The minimum absolute atomic E-state index is 0.434. The number of ether oxygens (including phenoxy) is 1. The quantitative estimate of drug-likeness (QED) is 0.308. The van der Waals surface area contributed by atoms with Crippen molar-refractivity contribution in [1.29, 1.82) is 0 Å². The van der Waals surface area contributed by atoms with E-state index in [-0.39, 0.29) is 0 Å². The number of hydrogen-bond donors (Lipinski definition) is 3. The van der Waals surface area contributed by atoms with Gasteiger partial charge < -0.3 is 15.4 Å². The first-order chi connectivity index (χ1) is 10.1. The highest BCUT2D eigenvalue weighted by atomic mass is 32.2. The van der Waals surface area contributed by atoms with E-state index < -0.39 is 15.6 Å². The van der Waals surface area contributed by atoms with Crippen molar-refractivity contribution in [3.8, 4) is 0 Å². The molecule has 0 radical (unpaired) electrons. The molecule has 8 heteroatoms. The third-order valence-electron chi connectivity index (χ3n) is 2.59. The summed E-state index contributed by atoms with van der Waals surface area (Å²) in [5, 5.41) is 6.29. The van der Waals surface area contributed by atoms with Crippen molar-refractivity contribution < 1.29 is 13.2 Å². The molecule has 0 aliphatic rings. The predicted molar refractivity (Wildman–Crippen MR) is 91.7 cm³/mol. The van der Waals surface area contributed by atoms with Crippen molar-refractivity contribution in [1.82, 2.24) is 15.4 Å². The van der Waals surface area contributed by atoms with E-state index in [2.05, 4.69) is 34.2 Å². The van der Waals surface area contributed by atoms with Crippen LogP contribution in [0.5, 0.6) is 0 Å². The fraction of sp³-hybridized carbons (Fsp3) is 0.929. The molecule has 0 aliphatic heterocycles. The van der Waals surface area contributed by atoms with Crippen LogP contribution in [-0.4, -0.2) is 59.5 Å². The molecular weight excluding hydrogens is 304 g/mol. The Bertz CT molecular complexity index is 433. The van der Waals surface area contributed by atoms with Crippen LogP contribution in [0, 0.1) is 5.92 Å². The van der Waals surface area contributed by atoms with Crippen molar-refractivity contribution in [2.24, 2.45) is 10.9 Å². The summed E-state index contributed by atoms with van der Waals surface area (Å²) in [4.78, 5) is 4.11. The molecule has 0 rings (SSSR count). The van der Waals surface area contributed by atoms with Gasteiger partial charge in [0.2, 0.25) is 10.0 Å². The number of sulfonamides is 1. The number of rotatable bonds is 10. The zero-order chi connectivity index (χ0) is 17.2. The maximum atomic E-state index is 11.3. The van der Waals surface area contributed by atoms with E-state index in [1.54, 1.807) is 7.05 Å². The highest BCUT2D eigenvalue weighted by Gasteiger charge is 2.22. The SMILES string of the molecule is CN=C(NCCCOCC(C)C)NCC(C)(C)NS(C)(=O)=O. The highest BCUT2D eigenvalue weighted by molar-refractivity contribution is 7.88. The Morgan fingerprint density at radius 2 is 1.91 bits per heavy atom. The van der Waals surface area contributed by atoms with Crippen molar-refractivity contribution in [2.45, 2.75) is 39.7 Å². The van der Waals surface area contributed by atoms with Gasteiger partial charge in [0.1, 0.15) is 0 Å². The zero-order valence-electron chi connectivity index (χ0n) is 14.7. The standard InChI is InChI=1S/C14H32N4O3S/c1-12(2)10-21-9-7-8-16-13(15-5)17-11-14(3,4)18-22(6,19)20/h12,18H,7-11H2,1-6H3,(H2,15,16,17). The van der Waals surface area contributed by atoms with E-state index in [9.17, 15) is 8.42 Å². The van der Waals surface area contributed by atoms with Gasteiger partial charge in [0.05, 0.1) is 6.26 Å². The Hall–Kier alpha value is -0.860. The lowest BCUT2D eigenvalue weighted by atomic mass is 10.1. The summed E-state index contributed by atoms with van der Waals surface area (Å²) in [6.07, 6.45) is 2.04. The molecular formula is C14H32N4O3S. The number of nitrogens with zero attached hydrogens (tertiary/aromatic N) is 1. The van der Waals surface area contributed by atoms with Crippen molar-refractivity contribution in [3.63, 3.8) is 0 Å². The van der Waals surface area contributed by atoms with Crippen LogP contribution >= 0.6 is 0 Å². The van der Waals surface area contributed by atoms with Crippen LogP contribution in [0.2, 0.25) is 0 Å². The first-order valence-electron chi connectivity index (χ1n) is 7.57. The zero-order valence-corrected chi connectivity index (χ0v) is 15.5. The number of aliphatic imine (C=N–C) groups is 1. The van der Waals surface area contributed by atoms with Gasteiger partial charge in [-0.05, 0) is 26.2 Å². The van der Waals surface area contributed by atoms with Gasteiger partial charge in [-0.2, -0.15) is 0 Å². The molecule has 0 bridgehead atoms. The van der Waals surface area contributed by atoms with E-state index >= 15 is 0 Å². The minimum Gasteiger partial charge on any atom is -0.381 e. The van der Waals surface area contributed by atoms with Crippen molar-refractivity contribution >= 4 is 16.0 Å². The molecule has 132 valence electrons. The van der Waals surface area contributed by atoms with Gasteiger partial charge in [-0.25, -0.2) is 13.1 Å². The second-order valence-electron chi connectivity index (χ2n) is 6.43. The number of nitrogens with one attached hydrogen (secondary N) is 3. The molecule has 0 heterocycles. The van der Waals surface area contributed by atoms with Gasteiger partial charge in [0.25, 0.3) is 0 Å². The van der Waals surface area contributed by atoms with Gasteiger partial charge in [0, 0.05) is 38.9 Å². The van der Waals surface area contributed by atoms with Crippen LogP contribution in [0.3, 0.4) is 0 Å². The van der Waals surface area contributed by atoms with Gasteiger partial charge in [-0.1, -0.05) is 13.8 Å². The van der Waals surface area contributed by atoms with E-state index in [4.69, 9.17) is 4.74 Å². The van der Waals surface area contributed by atoms with Crippen LogP contribution in [0.1, 0.15) is 34.1 Å². The number of hydrogen-bond acceptors (Lipinski definition) is 4. The Kier molecular flexibility index (Phi) is 9.63. The summed E-state index contributed by atoms with van der Waals surface area (Å²) in [6.45, 7) is 10.5. The third kappa shape index (κ3) is 12.8. The predicted octanol–water partition coefficient (Wildman–Crippen LogP) is 0.542. The molecule has 0 aromatic rings. The second-order valence-corrected chi connectivity index (χ2v) is 8.18. The van der Waals surface area contributed by atoms with Crippen LogP contribution in [0.15, 0.2) is 4.99 Å². The molecule has 0 fully saturated rings. The molecule has 0 aromatic carbocycles. The smallest absolute Gasteiger partial charge is 0.209 e. The maximum Gasteiger partial charge on any atom is 0.209 e. The molecule has 0 atom stereocenters. The minimum atomic E-state index is -3.24. The van der Waals surface area contributed by atoms with E-state index in [1.165, 1.54) is 0 Å².